The van der Waals surface area contributed by atoms with Gasteiger partial charge in [0, 0.05) is 5.69 Å². The van der Waals surface area contributed by atoms with Gasteiger partial charge in [-0.1, -0.05) is 24.8 Å². The van der Waals surface area contributed by atoms with Gasteiger partial charge in [-0.25, -0.2) is 9.59 Å². The Labute approximate surface area is 140 Å². The zero-order chi connectivity index (χ0) is 17.7. The highest BCUT2D eigenvalue weighted by atomic mass is 16.6. The highest BCUT2D eigenvalue weighted by molar-refractivity contribution is 5.90. The van der Waals surface area contributed by atoms with Crippen LogP contribution >= 0.6 is 0 Å². The number of ether oxygens (including phenoxy) is 2. The predicted molar refractivity (Wildman–Crippen MR) is 92.9 cm³/mol. The van der Waals surface area contributed by atoms with Crippen molar-refractivity contribution in [3.05, 3.63) is 65.9 Å². The van der Waals surface area contributed by atoms with E-state index in [1.165, 1.54) is 7.11 Å². The molecule has 0 bridgehead atoms. The number of hydrogen-bond acceptors (Lipinski definition) is 4. The van der Waals surface area contributed by atoms with Crippen LogP contribution in [0, 0.1) is 6.92 Å². The molecule has 0 radical (unpaired) electrons. The lowest BCUT2D eigenvalue weighted by molar-refractivity contribution is 0.0600. The molecule has 0 saturated heterocycles. The molecule has 5 heteroatoms. The molecule has 0 spiro atoms. The molecular weight excluding hydrogens is 306 g/mol. The molecule has 2 rings (SSSR count). The van der Waals surface area contributed by atoms with E-state index >= 15 is 0 Å². The van der Waals surface area contributed by atoms with E-state index in [1.54, 1.807) is 25.1 Å². The molecule has 1 N–H and O–H groups in total. The number of benzene rings is 2. The van der Waals surface area contributed by atoms with E-state index in [0.29, 0.717) is 17.0 Å². The summed E-state index contributed by atoms with van der Waals surface area (Å²) in [6.45, 7) is 7.10. The molecule has 0 aromatic heterocycles. The van der Waals surface area contributed by atoms with Crippen molar-refractivity contribution in [1.29, 1.82) is 0 Å². The van der Waals surface area contributed by atoms with Crippen LogP contribution in [0.2, 0.25) is 0 Å². The van der Waals surface area contributed by atoms with E-state index in [2.05, 4.69) is 11.9 Å². The molecule has 0 fully saturated rings. The summed E-state index contributed by atoms with van der Waals surface area (Å²) in [5, 5.41) is 2.65. The summed E-state index contributed by atoms with van der Waals surface area (Å²) in [5.41, 5.74) is 4.01. The van der Waals surface area contributed by atoms with Crippen molar-refractivity contribution in [1.82, 2.24) is 0 Å². The number of hydrogen-bond donors (Lipinski definition) is 1. The summed E-state index contributed by atoms with van der Waals surface area (Å²) in [4.78, 5) is 23.2. The van der Waals surface area contributed by atoms with Gasteiger partial charge in [-0.3, -0.25) is 5.32 Å². The van der Waals surface area contributed by atoms with E-state index in [9.17, 15) is 9.59 Å². The van der Waals surface area contributed by atoms with Gasteiger partial charge in [-0.2, -0.15) is 0 Å². The number of esters is 1. The third-order valence-corrected chi connectivity index (χ3v) is 3.37. The molecule has 0 unspecified atom stereocenters. The highest BCUT2D eigenvalue weighted by Crippen LogP contribution is 2.27. The Morgan fingerprint density at radius 1 is 1.08 bits per heavy atom. The second kappa shape index (κ2) is 7.46. The number of allylic oxidation sites excluding steroid dienone is 1. The lowest BCUT2D eigenvalue weighted by atomic mass is 9.99. The summed E-state index contributed by atoms with van der Waals surface area (Å²) in [6, 6.07) is 12.6. The largest absolute Gasteiger partial charge is 0.465 e. The minimum atomic E-state index is -0.585. The van der Waals surface area contributed by atoms with Gasteiger partial charge in [0.05, 0.1) is 18.4 Å². The average Bonchev–Trinajstić information content (AvgIpc) is 2.55. The van der Waals surface area contributed by atoms with Gasteiger partial charge < -0.3 is 9.47 Å². The van der Waals surface area contributed by atoms with Crippen molar-refractivity contribution in [2.24, 2.45) is 0 Å². The molecule has 0 aliphatic heterocycles. The second-order valence-corrected chi connectivity index (χ2v) is 5.32. The Bertz CT molecular complexity index is 778. The summed E-state index contributed by atoms with van der Waals surface area (Å²) < 4.78 is 9.58. The molecule has 5 nitrogen and oxygen atoms in total. The standard InChI is InChI=1S/C19H19NO4/c1-12(2)24-19(22)20-16-10-5-13(3)17(11-16)14-6-8-15(9-7-14)18(21)23-4/h5-11H,1H2,2-4H3,(H,20,22). The third-order valence-electron chi connectivity index (χ3n) is 3.37. The maximum Gasteiger partial charge on any atom is 0.416 e. The van der Waals surface area contributed by atoms with Crippen LogP contribution in [-0.4, -0.2) is 19.2 Å². The summed E-state index contributed by atoms with van der Waals surface area (Å²) >= 11 is 0. The Morgan fingerprint density at radius 2 is 1.75 bits per heavy atom. The first-order valence-electron chi connectivity index (χ1n) is 7.34. The monoisotopic (exact) mass is 325 g/mol. The van der Waals surface area contributed by atoms with Crippen LogP contribution in [0.15, 0.2) is 54.8 Å². The molecule has 0 heterocycles. The number of methoxy groups -OCH3 is 1. The summed E-state index contributed by atoms with van der Waals surface area (Å²) in [7, 11) is 1.35. The van der Waals surface area contributed by atoms with Gasteiger partial charge >= 0.3 is 12.1 Å². The first-order chi connectivity index (χ1) is 11.4. The minimum Gasteiger partial charge on any atom is -0.465 e. The molecule has 2 aromatic carbocycles. The molecule has 1 amide bonds. The maximum atomic E-state index is 11.7. The highest BCUT2D eigenvalue weighted by Gasteiger charge is 2.09. The quantitative estimate of drug-likeness (QED) is 0.662. The van der Waals surface area contributed by atoms with Crippen molar-refractivity contribution in [3.63, 3.8) is 0 Å². The number of amides is 1. The number of carbonyl (C=O) groups excluding carboxylic acids is 2. The lowest BCUT2D eigenvalue weighted by Crippen LogP contribution is -2.12. The van der Waals surface area contributed by atoms with Gasteiger partial charge in [0.2, 0.25) is 0 Å². The normalized spacial score (nSPS) is 9.96. The number of aryl methyl sites for hydroxylation is 1. The van der Waals surface area contributed by atoms with E-state index in [0.717, 1.165) is 16.7 Å². The van der Waals surface area contributed by atoms with Gasteiger partial charge in [-0.05, 0) is 54.8 Å². The van der Waals surface area contributed by atoms with Gasteiger partial charge in [0.25, 0.3) is 0 Å². The fraction of sp³-hybridized carbons (Fsp3) is 0.158. The number of carbonyl (C=O) groups is 2. The maximum absolute atomic E-state index is 11.7. The Balaban J connectivity index is 2.26. The zero-order valence-corrected chi connectivity index (χ0v) is 13.9. The fourth-order valence-corrected chi connectivity index (χ4v) is 2.22. The molecule has 0 aliphatic carbocycles. The van der Waals surface area contributed by atoms with E-state index in [1.807, 2.05) is 31.2 Å². The van der Waals surface area contributed by atoms with Crippen LogP contribution in [0.1, 0.15) is 22.8 Å². The average molecular weight is 325 g/mol. The SMILES string of the molecule is C=C(C)OC(=O)Nc1ccc(C)c(-c2ccc(C(=O)OC)cc2)c1. The van der Waals surface area contributed by atoms with Crippen LogP contribution in [0.5, 0.6) is 0 Å². The molecule has 0 aliphatic rings. The van der Waals surface area contributed by atoms with Crippen molar-refractivity contribution in [2.45, 2.75) is 13.8 Å². The molecule has 2 aromatic rings. The van der Waals surface area contributed by atoms with E-state index in [4.69, 9.17) is 9.47 Å². The van der Waals surface area contributed by atoms with Gasteiger partial charge in [-0.15, -0.1) is 0 Å². The van der Waals surface area contributed by atoms with Crippen molar-refractivity contribution >= 4 is 17.7 Å². The van der Waals surface area contributed by atoms with Crippen molar-refractivity contribution in [3.8, 4) is 11.1 Å². The van der Waals surface area contributed by atoms with Crippen LogP contribution < -0.4 is 5.32 Å². The topological polar surface area (TPSA) is 64.6 Å². The van der Waals surface area contributed by atoms with Crippen LogP contribution in [0.25, 0.3) is 11.1 Å². The Morgan fingerprint density at radius 3 is 2.33 bits per heavy atom. The number of rotatable bonds is 4. The van der Waals surface area contributed by atoms with Crippen molar-refractivity contribution in [2.75, 3.05) is 12.4 Å². The predicted octanol–water partition coefficient (Wildman–Crippen LogP) is 4.53. The van der Waals surface area contributed by atoms with Crippen LogP contribution in [0.4, 0.5) is 10.5 Å². The van der Waals surface area contributed by atoms with Crippen LogP contribution in [0.3, 0.4) is 0 Å². The Kier molecular flexibility index (Phi) is 5.37. The first kappa shape index (κ1) is 17.3. The Hall–Kier alpha value is -3.08. The van der Waals surface area contributed by atoms with Gasteiger partial charge in [0.1, 0.15) is 0 Å². The summed E-state index contributed by atoms with van der Waals surface area (Å²) in [6.07, 6.45) is -0.585. The van der Waals surface area contributed by atoms with Crippen molar-refractivity contribution < 1.29 is 19.1 Å². The molecule has 0 saturated carbocycles. The summed E-state index contributed by atoms with van der Waals surface area (Å²) in [5.74, 6) is -0.0607. The van der Waals surface area contributed by atoms with Gasteiger partial charge in [0.15, 0.2) is 0 Å². The molecule has 124 valence electrons. The van der Waals surface area contributed by atoms with Crippen LogP contribution in [-0.2, 0) is 9.47 Å². The number of nitrogens with one attached hydrogen (secondary N) is 1. The minimum absolute atomic E-state index is 0.318. The lowest BCUT2D eigenvalue weighted by Gasteiger charge is -2.11. The molecular formula is C19H19NO4. The third kappa shape index (κ3) is 4.23. The first-order valence-corrected chi connectivity index (χ1v) is 7.34. The molecule has 24 heavy (non-hydrogen) atoms. The number of anilines is 1. The second-order valence-electron chi connectivity index (χ2n) is 5.32. The van der Waals surface area contributed by atoms with E-state index in [-0.39, 0.29) is 5.97 Å². The van der Waals surface area contributed by atoms with E-state index < -0.39 is 6.09 Å². The fourth-order valence-electron chi connectivity index (χ4n) is 2.22. The molecule has 0 atom stereocenters. The smallest absolute Gasteiger partial charge is 0.416 e. The zero-order valence-electron chi connectivity index (χ0n) is 13.9.